The van der Waals surface area contributed by atoms with Crippen LogP contribution in [0.2, 0.25) is 0 Å². The van der Waals surface area contributed by atoms with E-state index >= 15 is 0 Å². The fraction of sp³-hybridized carbons (Fsp3) is 0.138. The van der Waals surface area contributed by atoms with Gasteiger partial charge >= 0.3 is 12.2 Å². The van der Waals surface area contributed by atoms with Gasteiger partial charge in [-0.2, -0.15) is 0 Å². The molecule has 0 aliphatic heterocycles. The molecule has 0 fully saturated rings. The minimum Gasteiger partial charge on any atom is -0.445 e. The van der Waals surface area contributed by atoms with Crippen molar-refractivity contribution in [3.63, 3.8) is 0 Å². The van der Waals surface area contributed by atoms with Crippen LogP contribution in [-0.4, -0.2) is 23.7 Å². The smallest absolute Gasteiger partial charge is 0.412 e. The molecule has 0 aliphatic rings. The molecule has 3 aromatic carbocycles. The minimum absolute atomic E-state index is 0.195. The minimum atomic E-state index is -0.543. The number of nitrogens with zero attached hydrogens (tertiary/aromatic N) is 1. The monoisotopic (exact) mass is 481 g/mol. The molecule has 0 saturated carbocycles. The predicted octanol–water partition coefficient (Wildman–Crippen LogP) is 5.51. The van der Waals surface area contributed by atoms with Crippen molar-refractivity contribution < 1.29 is 19.1 Å². The number of carbonyl (C=O) groups excluding carboxylic acids is 2. The van der Waals surface area contributed by atoms with Crippen LogP contribution in [0.4, 0.5) is 9.59 Å². The molecule has 0 saturated heterocycles. The van der Waals surface area contributed by atoms with E-state index in [0.29, 0.717) is 18.7 Å². The number of alkyl carbamates (subject to hydrolysis) is 1. The molecule has 1 heterocycles. The lowest BCUT2D eigenvalue weighted by molar-refractivity contribution is 0.139. The SMILES string of the molecule is O=C(NCc1ccccc1-c1ccccc1OC(=O)NCCc1ccccn1)OCc1ccccc1. The number of ether oxygens (including phenoxy) is 2. The second kappa shape index (κ2) is 12.7. The summed E-state index contributed by atoms with van der Waals surface area (Å²) in [5, 5.41) is 5.56. The van der Waals surface area contributed by atoms with E-state index < -0.39 is 12.2 Å². The lowest BCUT2D eigenvalue weighted by Crippen LogP contribution is -2.29. The fourth-order valence-electron chi connectivity index (χ4n) is 3.63. The van der Waals surface area contributed by atoms with E-state index in [1.807, 2.05) is 91.0 Å². The summed E-state index contributed by atoms with van der Waals surface area (Å²) in [6.07, 6.45) is 1.27. The van der Waals surface area contributed by atoms with E-state index in [2.05, 4.69) is 15.6 Å². The number of hydrogen-bond donors (Lipinski definition) is 2. The van der Waals surface area contributed by atoms with Gasteiger partial charge in [0.25, 0.3) is 0 Å². The molecule has 2 N–H and O–H groups in total. The van der Waals surface area contributed by atoms with Crippen molar-refractivity contribution >= 4 is 12.2 Å². The highest BCUT2D eigenvalue weighted by molar-refractivity contribution is 5.78. The Hall–Kier alpha value is -4.65. The zero-order chi connectivity index (χ0) is 25.0. The highest BCUT2D eigenvalue weighted by Crippen LogP contribution is 2.32. The molecule has 0 unspecified atom stereocenters. The van der Waals surface area contributed by atoms with Gasteiger partial charge in [-0.1, -0.05) is 78.9 Å². The average molecular weight is 482 g/mol. The molecule has 0 spiro atoms. The topological polar surface area (TPSA) is 89.5 Å². The highest BCUT2D eigenvalue weighted by atomic mass is 16.6. The first kappa shape index (κ1) is 24.5. The molecular weight excluding hydrogens is 454 g/mol. The number of benzene rings is 3. The largest absolute Gasteiger partial charge is 0.445 e. The maximum absolute atomic E-state index is 12.4. The third-order valence-electron chi connectivity index (χ3n) is 5.41. The van der Waals surface area contributed by atoms with Gasteiger partial charge in [-0.25, -0.2) is 9.59 Å². The van der Waals surface area contributed by atoms with Crippen molar-refractivity contribution in [2.45, 2.75) is 19.6 Å². The fourth-order valence-corrected chi connectivity index (χ4v) is 3.63. The van der Waals surface area contributed by atoms with E-state index in [4.69, 9.17) is 9.47 Å². The number of nitrogens with one attached hydrogen (secondary N) is 2. The second-order valence-electron chi connectivity index (χ2n) is 7.96. The number of hydrogen-bond acceptors (Lipinski definition) is 5. The second-order valence-corrected chi connectivity index (χ2v) is 7.96. The number of para-hydroxylation sites is 1. The van der Waals surface area contributed by atoms with E-state index in [-0.39, 0.29) is 13.2 Å². The molecule has 0 aliphatic carbocycles. The summed E-state index contributed by atoms with van der Waals surface area (Å²) in [4.78, 5) is 28.9. The normalized spacial score (nSPS) is 10.3. The summed E-state index contributed by atoms with van der Waals surface area (Å²) in [7, 11) is 0. The summed E-state index contributed by atoms with van der Waals surface area (Å²) in [5.74, 6) is 0.423. The van der Waals surface area contributed by atoms with Crippen LogP contribution >= 0.6 is 0 Å². The molecule has 182 valence electrons. The van der Waals surface area contributed by atoms with Crippen LogP contribution in [0.5, 0.6) is 5.75 Å². The zero-order valence-electron chi connectivity index (χ0n) is 19.7. The molecule has 4 aromatic rings. The predicted molar refractivity (Wildman–Crippen MR) is 137 cm³/mol. The Labute approximate surface area is 210 Å². The van der Waals surface area contributed by atoms with Crippen LogP contribution in [0.1, 0.15) is 16.8 Å². The third-order valence-corrected chi connectivity index (χ3v) is 5.41. The number of pyridine rings is 1. The van der Waals surface area contributed by atoms with Gasteiger partial charge in [-0.3, -0.25) is 4.98 Å². The molecule has 0 radical (unpaired) electrons. The van der Waals surface area contributed by atoms with Crippen LogP contribution in [0.25, 0.3) is 11.1 Å². The van der Waals surface area contributed by atoms with Crippen molar-refractivity contribution in [2.24, 2.45) is 0 Å². The first-order valence-corrected chi connectivity index (χ1v) is 11.7. The van der Waals surface area contributed by atoms with Gasteiger partial charge in [-0.15, -0.1) is 0 Å². The summed E-state index contributed by atoms with van der Waals surface area (Å²) in [6, 6.07) is 30.1. The van der Waals surface area contributed by atoms with Gasteiger partial charge in [-0.05, 0) is 34.9 Å². The quantitative estimate of drug-likeness (QED) is 0.329. The molecule has 2 amide bonds. The Morgan fingerprint density at radius 3 is 2.25 bits per heavy atom. The first-order chi connectivity index (χ1) is 17.7. The Kier molecular flexibility index (Phi) is 8.64. The van der Waals surface area contributed by atoms with Crippen molar-refractivity contribution in [2.75, 3.05) is 6.54 Å². The van der Waals surface area contributed by atoms with Gasteiger partial charge in [0.2, 0.25) is 0 Å². The lowest BCUT2D eigenvalue weighted by Gasteiger charge is -2.15. The van der Waals surface area contributed by atoms with Gasteiger partial charge < -0.3 is 20.1 Å². The van der Waals surface area contributed by atoms with Crippen LogP contribution in [-0.2, 0) is 24.3 Å². The van der Waals surface area contributed by atoms with Crippen molar-refractivity contribution in [1.82, 2.24) is 15.6 Å². The number of carbonyl (C=O) groups is 2. The van der Waals surface area contributed by atoms with Crippen LogP contribution in [0.15, 0.2) is 103 Å². The van der Waals surface area contributed by atoms with Gasteiger partial charge in [0.15, 0.2) is 0 Å². The summed E-state index contributed by atoms with van der Waals surface area (Å²) < 4.78 is 10.9. The Morgan fingerprint density at radius 2 is 1.44 bits per heavy atom. The average Bonchev–Trinajstić information content (AvgIpc) is 2.92. The molecule has 36 heavy (non-hydrogen) atoms. The van der Waals surface area contributed by atoms with E-state index in [1.165, 1.54) is 0 Å². The molecule has 1 aromatic heterocycles. The maximum atomic E-state index is 12.4. The standard InChI is InChI=1S/C29H27N3O4/c33-28(35-21-22-10-2-1-3-11-22)32-20-23-12-4-5-14-25(23)26-15-6-7-16-27(26)36-29(34)31-19-17-24-13-8-9-18-30-24/h1-16,18H,17,19-21H2,(H,31,34)(H,32,33). The van der Waals surface area contributed by atoms with Gasteiger partial charge in [0, 0.05) is 37.0 Å². The maximum Gasteiger partial charge on any atom is 0.412 e. The van der Waals surface area contributed by atoms with E-state index in [9.17, 15) is 9.59 Å². The van der Waals surface area contributed by atoms with Gasteiger partial charge in [0.1, 0.15) is 12.4 Å². The lowest BCUT2D eigenvalue weighted by atomic mass is 9.99. The Morgan fingerprint density at radius 1 is 0.722 bits per heavy atom. The molecule has 4 rings (SSSR count). The molecule has 7 nitrogen and oxygen atoms in total. The van der Waals surface area contributed by atoms with Crippen LogP contribution in [0.3, 0.4) is 0 Å². The Balaban J connectivity index is 1.37. The third kappa shape index (κ3) is 7.17. The highest BCUT2D eigenvalue weighted by Gasteiger charge is 2.14. The summed E-state index contributed by atoms with van der Waals surface area (Å²) in [6.45, 7) is 0.860. The van der Waals surface area contributed by atoms with Gasteiger partial charge in [0.05, 0.1) is 0 Å². The number of amides is 2. The van der Waals surface area contributed by atoms with Crippen LogP contribution < -0.4 is 15.4 Å². The van der Waals surface area contributed by atoms with E-state index in [0.717, 1.165) is 27.9 Å². The summed E-state index contributed by atoms with van der Waals surface area (Å²) >= 11 is 0. The van der Waals surface area contributed by atoms with Crippen molar-refractivity contribution in [1.29, 1.82) is 0 Å². The van der Waals surface area contributed by atoms with Crippen molar-refractivity contribution in [3.05, 3.63) is 120 Å². The number of aromatic nitrogens is 1. The van der Waals surface area contributed by atoms with E-state index in [1.54, 1.807) is 12.3 Å². The van der Waals surface area contributed by atoms with Crippen molar-refractivity contribution in [3.8, 4) is 16.9 Å². The van der Waals surface area contributed by atoms with Crippen LogP contribution in [0, 0.1) is 0 Å². The Bertz CT molecular complexity index is 1280. The summed E-state index contributed by atoms with van der Waals surface area (Å²) in [5.41, 5.74) is 4.25. The molecule has 0 atom stereocenters. The molecule has 7 heteroatoms. The number of rotatable bonds is 9. The molecular formula is C29H27N3O4. The molecule has 0 bridgehead atoms. The zero-order valence-corrected chi connectivity index (χ0v) is 19.7. The first-order valence-electron chi connectivity index (χ1n) is 11.7.